The molecule has 3 rings (SSSR count). The van der Waals surface area contributed by atoms with Gasteiger partial charge in [0.2, 0.25) is 11.7 Å². The summed E-state index contributed by atoms with van der Waals surface area (Å²) in [7, 11) is 0. The van der Waals surface area contributed by atoms with E-state index in [1.54, 1.807) is 12.1 Å². The molecule has 0 radical (unpaired) electrons. The number of carbonyl (C=O) groups is 3. The van der Waals surface area contributed by atoms with E-state index in [-0.39, 0.29) is 17.9 Å². The maximum absolute atomic E-state index is 13.4. The average molecular weight is 384 g/mol. The van der Waals surface area contributed by atoms with Gasteiger partial charge in [-0.15, -0.1) is 6.58 Å². The molecule has 28 heavy (non-hydrogen) atoms. The van der Waals surface area contributed by atoms with E-state index in [0.29, 0.717) is 17.7 Å². The van der Waals surface area contributed by atoms with Crippen molar-refractivity contribution in [2.24, 2.45) is 0 Å². The number of Topliss-reactive ketones (excluding diaryl/α,β-unsaturated/α-hetero) is 1. The van der Waals surface area contributed by atoms with Crippen molar-refractivity contribution in [3.8, 4) is 0 Å². The first-order valence-corrected chi connectivity index (χ1v) is 8.88. The predicted octanol–water partition coefficient (Wildman–Crippen LogP) is 3.28. The third kappa shape index (κ3) is 3.74. The first-order valence-electron chi connectivity index (χ1n) is 8.88. The Labute approximate surface area is 162 Å². The van der Waals surface area contributed by atoms with Crippen molar-refractivity contribution >= 4 is 23.3 Å². The van der Waals surface area contributed by atoms with Crippen molar-refractivity contribution in [2.75, 3.05) is 11.9 Å². The number of nitrogens with zero attached hydrogens (tertiary/aromatic N) is 1. The number of aryl methyl sites for hydroxylation is 1. The summed E-state index contributed by atoms with van der Waals surface area (Å²) in [6, 6.07) is 5.57. The van der Waals surface area contributed by atoms with Crippen LogP contribution in [0.25, 0.3) is 0 Å². The first-order chi connectivity index (χ1) is 13.3. The van der Waals surface area contributed by atoms with Gasteiger partial charge in [0, 0.05) is 35.6 Å². The smallest absolute Gasteiger partial charge is 0.314 e. The molecule has 7 heteroatoms. The average Bonchev–Trinajstić information content (AvgIpc) is 2.93. The number of rotatable bonds is 6. The van der Waals surface area contributed by atoms with Gasteiger partial charge in [-0.3, -0.25) is 14.4 Å². The molecule has 1 aromatic heterocycles. The minimum absolute atomic E-state index is 0.112. The molecule has 1 amide bonds. The molecule has 1 N–H and O–H groups in total. The van der Waals surface area contributed by atoms with E-state index in [1.807, 2.05) is 18.4 Å². The van der Waals surface area contributed by atoms with Crippen LogP contribution < -0.4 is 5.32 Å². The van der Waals surface area contributed by atoms with Crippen LogP contribution in [0, 0.1) is 19.7 Å². The van der Waals surface area contributed by atoms with Crippen molar-refractivity contribution in [1.82, 2.24) is 4.57 Å². The second-order valence-electron chi connectivity index (χ2n) is 6.75. The zero-order chi connectivity index (χ0) is 20.4. The Bertz CT molecular complexity index is 977. The molecule has 0 aliphatic carbocycles. The van der Waals surface area contributed by atoms with Crippen LogP contribution in [0.2, 0.25) is 0 Å². The fraction of sp³-hybridized carbons (Fsp3) is 0.286. The van der Waals surface area contributed by atoms with Crippen LogP contribution in [0.5, 0.6) is 0 Å². The number of amides is 1. The molecule has 2 aromatic rings. The highest BCUT2D eigenvalue weighted by Gasteiger charge is 2.32. The van der Waals surface area contributed by atoms with Crippen molar-refractivity contribution < 1.29 is 23.5 Å². The Balaban J connectivity index is 1.73. The molecular formula is C21H21FN2O4. The SMILES string of the molecule is C=CCn1c(C)cc(C(=O)COC(=O)C2CC(=O)Nc3cc(F)ccc32)c1C. The van der Waals surface area contributed by atoms with Gasteiger partial charge >= 0.3 is 5.97 Å². The van der Waals surface area contributed by atoms with E-state index in [0.717, 1.165) is 17.5 Å². The van der Waals surface area contributed by atoms with E-state index >= 15 is 0 Å². The van der Waals surface area contributed by atoms with E-state index in [4.69, 9.17) is 4.74 Å². The maximum atomic E-state index is 13.4. The van der Waals surface area contributed by atoms with Crippen LogP contribution in [0.1, 0.15) is 39.6 Å². The molecule has 6 nitrogen and oxygen atoms in total. The Morgan fingerprint density at radius 3 is 2.82 bits per heavy atom. The lowest BCUT2D eigenvalue weighted by Gasteiger charge is -2.24. The third-order valence-corrected chi connectivity index (χ3v) is 4.87. The zero-order valence-corrected chi connectivity index (χ0v) is 15.8. The number of ketones is 1. The molecule has 0 fully saturated rings. The van der Waals surface area contributed by atoms with Crippen LogP contribution in [0.3, 0.4) is 0 Å². The van der Waals surface area contributed by atoms with Gasteiger partial charge in [-0.05, 0) is 37.6 Å². The molecule has 1 aliphatic heterocycles. The maximum Gasteiger partial charge on any atom is 0.314 e. The lowest BCUT2D eigenvalue weighted by molar-refractivity contribution is -0.145. The highest BCUT2D eigenvalue weighted by atomic mass is 19.1. The van der Waals surface area contributed by atoms with Gasteiger partial charge in [0.15, 0.2) is 6.61 Å². The van der Waals surface area contributed by atoms with Crippen LogP contribution in [-0.4, -0.2) is 28.8 Å². The van der Waals surface area contributed by atoms with Crippen molar-refractivity contribution in [3.05, 3.63) is 65.3 Å². The number of halogens is 1. The van der Waals surface area contributed by atoms with Gasteiger partial charge in [0.1, 0.15) is 5.82 Å². The van der Waals surface area contributed by atoms with Gasteiger partial charge in [-0.25, -0.2) is 4.39 Å². The van der Waals surface area contributed by atoms with E-state index in [9.17, 15) is 18.8 Å². The molecule has 1 aromatic carbocycles. The largest absolute Gasteiger partial charge is 0.457 e. The van der Waals surface area contributed by atoms with Gasteiger partial charge in [0.05, 0.1) is 5.92 Å². The first kappa shape index (κ1) is 19.5. The third-order valence-electron chi connectivity index (χ3n) is 4.87. The normalized spacial score (nSPS) is 15.5. The van der Waals surface area contributed by atoms with E-state index in [1.165, 1.54) is 12.1 Å². The number of hydrogen-bond acceptors (Lipinski definition) is 4. The lowest BCUT2D eigenvalue weighted by Crippen LogP contribution is -2.29. The summed E-state index contributed by atoms with van der Waals surface area (Å²) >= 11 is 0. The minimum atomic E-state index is -0.870. The molecule has 0 bridgehead atoms. The van der Waals surface area contributed by atoms with Crippen molar-refractivity contribution in [3.63, 3.8) is 0 Å². The molecule has 1 atom stereocenters. The van der Waals surface area contributed by atoms with E-state index in [2.05, 4.69) is 11.9 Å². The summed E-state index contributed by atoms with van der Waals surface area (Å²) in [5.74, 6) is -2.80. The van der Waals surface area contributed by atoms with E-state index < -0.39 is 30.2 Å². The number of carbonyl (C=O) groups excluding carboxylic acids is 3. The number of ether oxygens (including phenoxy) is 1. The van der Waals surface area contributed by atoms with Crippen molar-refractivity contribution in [1.29, 1.82) is 0 Å². The molecule has 1 aliphatic rings. The predicted molar refractivity (Wildman–Crippen MR) is 102 cm³/mol. The standard InChI is InChI=1S/C21H21FN2O4/c1-4-7-24-12(2)8-16(13(24)3)19(25)11-28-21(27)17-10-20(26)23-18-9-14(22)5-6-15(17)18/h4-6,8-9,17H,1,7,10-11H2,2-3H3,(H,23,26). The number of nitrogens with one attached hydrogen (secondary N) is 1. The Morgan fingerprint density at radius 2 is 2.11 bits per heavy atom. The lowest BCUT2D eigenvalue weighted by atomic mass is 9.90. The van der Waals surface area contributed by atoms with Gasteiger partial charge in [0.25, 0.3) is 0 Å². The molecule has 1 unspecified atom stereocenters. The minimum Gasteiger partial charge on any atom is -0.457 e. The summed E-state index contributed by atoms with van der Waals surface area (Å²) in [6.45, 7) is 7.56. The number of fused-ring (bicyclic) bond motifs is 1. The molecule has 146 valence electrons. The topological polar surface area (TPSA) is 77.4 Å². The fourth-order valence-corrected chi connectivity index (χ4v) is 3.46. The molecule has 0 spiro atoms. The summed E-state index contributed by atoms with van der Waals surface area (Å²) in [6.07, 6.45) is 1.63. The summed E-state index contributed by atoms with van der Waals surface area (Å²) in [5, 5.41) is 2.54. The molecular weight excluding hydrogens is 363 g/mol. The molecule has 0 saturated heterocycles. The van der Waals surface area contributed by atoms with Gasteiger partial charge in [-0.1, -0.05) is 12.1 Å². The monoisotopic (exact) mass is 384 g/mol. The Morgan fingerprint density at radius 1 is 1.36 bits per heavy atom. The number of aromatic nitrogens is 1. The number of esters is 1. The Kier molecular flexibility index (Phi) is 5.44. The summed E-state index contributed by atoms with van der Waals surface area (Å²) in [5.41, 5.74) is 2.89. The van der Waals surface area contributed by atoms with Gasteiger partial charge in [-0.2, -0.15) is 0 Å². The molecule has 2 heterocycles. The van der Waals surface area contributed by atoms with Crippen LogP contribution in [-0.2, 0) is 20.9 Å². The quantitative estimate of drug-likeness (QED) is 0.471. The number of benzene rings is 1. The molecule has 0 saturated carbocycles. The fourth-order valence-electron chi connectivity index (χ4n) is 3.46. The number of hydrogen-bond donors (Lipinski definition) is 1. The zero-order valence-electron chi connectivity index (χ0n) is 15.8. The van der Waals surface area contributed by atoms with Gasteiger partial charge < -0.3 is 14.6 Å². The number of allylic oxidation sites excluding steroid dienone is 1. The highest BCUT2D eigenvalue weighted by Crippen LogP contribution is 2.33. The summed E-state index contributed by atoms with van der Waals surface area (Å²) in [4.78, 5) is 36.9. The summed E-state index contributed by atoms with van der Waals surface area (Å²) < 4.78 is 20.5. The van der Waals surface area contributed by atoms with Crippen LogP contribution >= 0.6 is 0 Å². The number of anilines is 1. The second-order valence-corrected chi connectivity index (χ2v) is 6.75. The second kappa shape index (κ2) is 7.80. The van der Waals surface area contributed by atoms with Crippen LogP contribution in [0.15, 0.2) is 36.9 Å². The van der Waals surface area contributed by atoms with Crippen molar-refractivity contribution in [2.45, 2.75) is 32.7 Å². The highest BCUT2D eigenvalue weighted by molar-refractivity contribution is 6.02. The van der Waals surface area contributed by atoms with Crippen LogP contribution in [0.4, 0.5) is 10.1 Å². The Hall–Kier alpha value is -3.22.